The van der Waals surface area contributed by atoms with E-state index < -0.39 is 15.7 Å². The molecule has 0 unspecified atom stereocenters. The minimum Gasteiger partial charge on any atom is -0.215 e. The summed E-state index contributed by atoms with van der Waals surface area (Å²) in [5.74, 6) is -0.825. The molecule has 2 nitrogen and oxygen atoms in total. The average Bonchev–Trinajstić information content (AvgIpc) is 2.51. The van der Waals surface area contributed by atoms with Crippen molar-refractivity contribution >= 4 is 33.4 Å². The van der Waals surface area contributed by atoms with E-state index in [4.69, 9.17) is 0 Å². The quantitative estimate of drug-likeness (QED) is 0.584. The van der Waals surface area contributed by atoms with Gasteiger partial charge in [0.15, 0.2) is 0 Å². The predicted octanol–water partition coefficient (Wildman–Crippen LogP) is 4.18. The normalized spacial score (nSPS) is 10.9. The molecule has 0 amide bonds. The van der Waals surface area contributed by atoms with Crippen molar-refractivity contribution in [2.45, 2.75) is 9.79 Å². The lowest BCUT2D eigenvalue weighted by molar-refractivity contribution is 0.601. The summed E-state index contributed by atoms with van der Waals surface area (Å²) < 4.78 is 50.3. The highest BCUT2D eigenvalue weighted by molar-refractivity contribution is 8.05. The molecule has 2 aromatic carbocycles. The van der Waals surface area contributed by atoms with Crippen molar-refractivity contribution in [2.24, 2.45) is 0 Å². The van der Waals surface area contributed by atoms with Gasteiger partial charge in [-0.25, -0.2) is 17.2 Å². The molecule has 0 radical (unpaired) electrons. The lowest BCUT2D eigenvalue weighted by Gasteiger charge is -2.01. The van der Waals surface area contributed by atoms with Crippen LogP contribution in [0.25, 0.3) is 0 Å². The van der Waals surface area contributed by atoms with E-state index >= 15 is 0 Å². The van der Waals surface area contributed by atoms with Gasteiger partial charge in [-0.05, 0) is 41.3 Å². The Morgan fingerprint density at radius 2 is 1.48 bits per heavy atom. The minimum absolute atomic E-state index is 0.197. The molecule has 2 rings (SSSR count). The van der Waals surface area contributed by atoms with E-state index in [-0.39, 0.29) is 22.2 Å². The Kier molecular flexibility index (Phi) is 6.51. The highest BCUT2D eigenvalue weighted by Gasteiger charge is 2.08. The zero-order valence-corrected chi connectivity index (χ0v) is 14.3. The van der Waals surface area contributed by atoms with Gasteiger partial charge in [0.1, 0.15) is 11.6 Å². The summed E-state index contributed by atoms with van der Waals surface area (Å²) >= 11 is 1.94. The molecule has 0 aliphatic rings. The third-order valence-corrected chi connectivity index (χ3v) is 5.99. The van der Waals surface area contributed by atoms with Crippen LogP contribution in [0, 0.1) is 22.1 Å². The van der Waals surface area contributed by atoms with Crippen LogP contribution in [0.5, 0.6) is 0 Å². The zero-order chi connectivity index (χ0) is 16.7. The minimum atomic E-state index is -3.60. The third-order valence-electron chi connectivity index (χ3n) is 2.64. The molecule has 23 heavy (non-hydrogen) atoms. The maximum Gasteiger partial charge on any atom is 0.218 e. The van der Waals surface area contributed by atoms with Gasteiger partial charge in [-0.15, -0.1) is 11.8 Å². The molecule has 0 aromatic heterocycles. The van der Waals surface area contributed by atoms with Crippen LogP contribution in [0.1, 0.15) is 0 Å². The third kappa shape index (κ3) is 5.90. The van der Waals surface area contributed by atoms with Crippen molar-refractivity contribution in [1.29, 1.82) is 0 Å². The maximum atomic E-state index is 13.4. The van der Waals surface area contributed by atoms with E-state index in [2.05, 4.69) is 10.5 Å². The predicted molar refractivity (Wildman–Crippen MR) is 90.9 cm³/mol. The summed E-state index contributed by atoms with van der Waals surface area (Å²) in [6.45, 7) is 0. The van der Waals surface area contributed by atoms with Gasteiger partial charge in [0.25, 0.3) is 0 Å². The Balaban J connectivity index is 1.89. The van der Waals surface area contributed by atoms with Gasteiger partial charge in [-0.1, -0.05) is 24.3 Å². The van der Waals surface area contributed by atoms with Crippen molar-refractivity contribution in [3.05, 3.63) is 60.2 Å². The highest BCUT2D eigenvalue weighted by atomic mass is 32.2. The molecule has 0 spiro atoms. The van der Waals surface area contributed by atoms with Crippen LogP contribution in [0.3, 0.4) is 0 Å². The van der Waals surface area contributed by atoms with Gasteiger partial charge >= 0.3 is 0 Å². The number of benzene rings is 2. The van der Waals surface area contributed by atoms with Crippen LogP contribution >= 0.6 is 23.5 Å². The number of thioether (sulfide) groups is 2. The zero-order valence-electron chi connectivity index (χ0n) is 11.8. The van der Waals surface area contributed by atoms with E-state index in [0.29, 0.717) is 4.90 Å². The first-order valence-corrected chi connectivity index (χ1v) is 9.96. The Morgan fingerprint density at radius 3 is 2.09 bits per heavy atom. The molecule has 0 aliphatic carbocycles. The first-order chi connectivity index (χ1) is 11.0. The number of hydrogen-bond acceptors (Lipinski definition) is 4. The van der Waals surface area contributed by atoms with E-state index in [9.17, 15) is 17.2 Å². The Hall–Kier alpha value is -1.49. The smallest absolute Gasteiger partial charge is 0.215 e. The Labute approximate surface area is 142 Å². The van der Waals surface area contributed by atoms with Gasteiger partial charge in [-0.2, -0.15) is 0 Å². The molecular formula is C16H12F2O2S3. The van der Waals surface area contributed by atoms with Crippen LogP contribution in [-0.2, 0) is 9.84 Å². The molecule has 0 atom stereocenters. The monoisotopic (exact) mass is 370 g/mol. The van der Waals surface area contributed by atoms with Crippen molar-refractivity contribution < 1.29 is 17.2 Å². The fourth-order valence-corrected chi connectivity index (χ4v) is 4.55. The van der Waals surface area contributed by atoms with E-state index in [1.54, 1.807) is 30.3 Å². The van der Waals surface area contributed by atoms with Crippen molar-refractivity contribution in [3.8, 4) is 10.5 Å². The van der Waals surface area contributed by atoms with Crippen molar-refractivity contribution in [2.75, 3.05) is 11.5 Å². The molecule has 2 aromatic rings. The molecule has 7 heteroatoms. The summed E-state index contributed by atoms with van der Waals surface area (Å²) in [4.78, 5) is 0.673. The van der Waals surface area contributed by atoms with Crippen LogP contribution in [0.15, 0.2) is 58.3 Å². The van der Waals surface area contributed by atoms with Crippen molar-refractivity contribution in [3.63, 3.8) is 0 Å². The standard InChI is InChI=1S/C16H12F2O2S3/c17-13-5-1-3-7-15(13)21-9-11-23(19,20)12-10-22-16-8-4-2-6-14(16)18/h1-8H,9,11H2. The first-order valence-electron chi connectivity index (χ1n) is 6.51. The summed E-state index contributed by atoms with van der Waals surface area (Å²) in [6, 6.07) is 12.2. The molecule has 0 saturated heterocycles. The molecule has 0 heterocycles. The maximum absolute atomic E-state index is 13.4. The van der Waals surface area contributed by atoms with Gasteiger partial charge in [0.05, 0.1) is 10.6 Å². The molecule has 0 fully saturated rings. The topological polar surface area (TPSA) is 34.1 Å². The van der Waals surface area contributed by atoms with Crippen molar-refractivity contribution in [1.82, 2.24) is 0 Å². The summed E-state index contributed by atoms with van der Waals surface area (Å²) in [6.07, 6.45) is 0. The largest absolute Gasteiger partial charge is 0.218 e. The molecule has 0 saturated carbocycles. The van der Waals surface area contributed by atoms with Gasteiger partial charge in [-0.3, -0.25) is 0 Å². The van der Waals surface area contributed by atoms with Crippen LogP contribution < -0.4 is 0 Å². The van der Waals surface area contributed by atoms with Crippen LogP contribution in [0.2, 0.25) is 0 Å². The van der Waals surface area contributed by atoms with Crippen LogP contribution in [-0.4, -0.2) is 19.9 Å². The SMILES string of the molecule is O=S(=O)(C#CSc1ccccc1F)CCSc1ccccc1F. The number of hydrogen-bond donors (Lipinski definition) is 0. The molecule has 0 bridgehead atoms. The molecular weight excluding hydrogens is 358 g/mol. The Morgan fingerprint density at radius 1 is 0.913 bits per heavy atom. The summed E-state index contributed by atoms with van der Waals surface area (Å²) in [7, 11) is -3.60. The molecule has 0 aliphatic heterocycles. The molecule has 0 N–H and O–H groups in total. The Bertz CT molecular complexity index is 840. The van der Waals surface area contributed by atoms with Gasteiger partial charge < -0.3 is 0 Å². The summed E-state index contributed by atoms with van der Waals surface area (Å²) in [5.41, 5.74) is 0. The second-order valence-corrected chi connectivity index (χ2v) is 8.16. The van der Waals surface area contributed by atoms with E-state index in [1.807, 2.05) is 0 Å². The van der Waals surface area contributed by atoms with Gasteiger partial charge in [0, 0.05) is 15.9 Å². The van der Waals surface area contributed by atoms with E-state index in [1.165, 1.54) is 18.2 Å². The summed E-state index contributed by atoms with van der Waals surface area (Å²) in [5, 5.41) is 4.55. The van der Waals surface area contributed by atoms with Gasteiger partial charge in [0.2, 0.25) is 9.84 Å². The first kappa shape index (κ1) is 17.9. The molecule has 120 valence electrons. The average molecular weight is 370 g/mol. The number of sulfone groups is 1. The fraction of sp³-hybridized carbons (Fsp3) is 0.125. The second kappa shape index (κ2) is 8.39. The van der Waals surface area contributed by atoms with Crippen LogP contribution in [0.4, 0.5) is 8.78 Å². The lowest BCUT2D eigenvalue weighted by atomic mass is 10.3. The number of halogens is 2. The lowest BCUT2D eigenvalue weighted by Crippen LogP contribution is -2.05. The highest BCUT2D eigenvalue weighted by Crippen LogP contribution is 2.22. The van der Waals surface area contributed by atoms with E-state index in [0.717, 1.165) is 23.5 Å². The number of rotatable bonds is 5. The second-order valence-electron chi connectivity index (χ2n) is 4.33. The fourth-order valence-electron chi connectivity index (χ4n) is 1.54.